The first-order chi connectivity index (χ1) is 11.0. The predicted molar refractivity (Wildman–Crippen MR) is 93.1 cm³/mol. The van der Waals surface area contributed by atoms with Gasteiger partial charge in [0.25, 0.3) is 0 Å². The normalized spacial score (nSPS) is 18.3. The molecule has 1 aromatic rings. The van der Waals surface area contributed by atoms with E-state index in [0.717, 1.165) is 25.8 Å². The van der Waals surface area contributed by atoms with E-state index in [4.69, 9.17) is 5.11 Å². The van der Waals surface area contributed by atoms with Gasteiger partial charge in [-0.1, -0.05) is 6.07 Å². The van der Waals surface area contributed by atoms with Crippen LogP contribution in [-0.2, 0) is 23.1 Å². The van der Waals surface area contributed by atoms with Crippen LogP contribution in [0.1, 0.15) is 69.1 Å². The van der Waals surface area contributed by atoms with Gasteiger partial charge >= 0.3 is 5.97 Å². The quantitative estimate of drug-likeness (QED) is 0.631. The fraction of sp³-hybridized carbons (Fsp3) is 0.600. The second-order valence-electron chi connectivity index (χ2n) is 7.55. The largest absolute Gasteiger partial charge is 0.481 e. The van der Waals surface area contributed by atoms with Gasteiger partial charge in [-0.2, -0.15) is 0 Å². The molecule has 2 aliphatic rings. The molecule has 0 radical (unpaired) electrons. The number of hydrogen-bond donors (Lipinski definition) is 1. The lowest BCUT2D eigenvalue weighted by Gasteiger charge is -2.22. The van der Waals surface area contributed by atoms with E-state index >= 15 is 0 Å². The van der Waals surface area contributed by atoms with Gasteiger partial charge in [0.2, 0.25) is 5.69 Å². The third-order valence-corrected chi connectivity index (χ3v) is 5.23. The van der Waals surface area contributed by atoms with E-state index in [-0.39, 0.29) is 5.41 Å². The van der Waals surface area contributed by atoms with Crippen molar-refractivity contribution < 1.29 is 14.5 Å². The number of carboxylic acid groups (broad SMARTS) is 1. The van der Waals surface area contributed by atoms with Gasteiger partial charge in [0.05, 0.1) is 5.41 Å². The summed E-state index contributed by atoms with van der Waals surface area (Å²) in [4.78, 5) is 10.6. The number of carboxylic acids is 1. The summed E-state index contributed by atoms with van der Waals surface area (Å²) in [5.74, 6) is -0.684. The summed E-state index contributed by atoms with van der Waals surface area (Å²) >= 11 is 0. The molecule has 0 unspecified atom stereocenters. The standard InChI is InChI=1S/C20H27NO2/c1-20(2)14-21(13-7-3-4-10-18(22)23)17-12-11-15-8-5-6-9-16(15)19(17)20/h11-12,14H,3-10,13H2,1-2H3/p+1. The molecule has 0 saturated carbocycles. The van der Waals surface area contributed by atoms with Crippen LogP contribution < -0.4 is 0 Å². The van der Waals surface area contributed by atoms with Gasteiger partial charge in [0, 0.05) is 24.5 Å². The monoisotopic (exact) mass is 314 g/mol. The van der Waals surface area contributed by atoms with Crippen LogP contribution in [-0.4, -0.2) is 28.4 Å². The van der Waals surface area contributed by atoms with E-state index in [1.165, 1.54) is 31.4 Å². The summed E-state index contributed by atoms with van der Waals surface area (Å²) in [5, 5.41) is 8.72. The second kappa shape index (κ2) is 6.46. The van der Waals surface area contributed by atoms with Gasteiger partial charge in [-0.05, 0) is 63.5 Å². The number of nitrogens with zero attached hydrogens (tertiary/aromatic N) is 1. The lowest BCUT2D eigenvalue weighted by molar-refractivity contribution is -0.434. The van der Waals surface area contributed by atoms with Gasteiger partial charge in [0.15, 0.2) is 6.21 Å². The zero-order valence-corrected chi connectivity index (χ0v) is 14.4. The summed E-state index contributed by atoms with van der Waals surface area (Å²) in [6, 6.07) is 4.64. The maximum atomic E-state index is 10.6. The molecule has 3 heteroatoms. The van der Waals surface area contributed by atoms with Crippen molar-refractivity contribution in [1.29, 1.82) is 0 Å². The van der Waals surface area contributed by atoms with E-state index in [0.29, 0.717) is 6.42 Å². The second-order valence-corrected chi connectivity index (χ2v) is 7.55. The fourth-order valence-electron chi connectivity index (χ4n) is 4.22. The van der Waals surface area contributed by atoms with Crippen LogP contribution in [0.25, 0.3) is 0 Å². The van der Waals surface area contributed by atoms with Gasteiger partial charge in [-0.3, -0.25) is 4.79 Å². The number of rotatable bonds is 6. The zero-order valence-electron chi connectivity index (χ0n) is 14.4. The van der Waals surface area contributed by atoms with Gasteiger partial charge in [-0.25, -0.2) is 4.58 Å². The maximum absolute atomic E-state index is 10.6. The zero-order chi connectivity index (χ0) is 16.4. The summed E-state index contributed by atoms with van der Waals surface area (Å²) in [7, 11) is 0. The average molecular weight is 314 g/mol. The summed E-state index contributed by atoms with van der Waals surface area (Å²) in [5.41, 5.74) is 6.19. The third kappa shape index (κ3) is 3.34. The molecular formula is C20H28NO2+. The van der Waals surface area contributed by atoms with Crippen molar-refractivity contribution in [2.75, 3.05) is 6.54 Å². The first-order valence-electron chi connectivity index (χ1n) is 8.99. The Balaban J connectivity index is 1.74. The van der Waals surface area contributed by atoms with Crippen LogP contribution in [0.15, 0.2) is 12.1 Å². The van der Waals surface area contributed by atoms with Crippen molar-refractivity contribution in [3.63, 3.8) is 0 Å². The molecule has 0 atom stereocenters. The highest BCUT2D eigenvalue weighted by Crippen LogP contribution is 2.42. The Morgan fingerprint density at radius 1 is 1.17 bits per heavy atom. The molecule has 3 nitrogen and oxygen atoms in total. The molecule has 1 aromatic carbocycles. The van der Waals surface area contributed by atoms with Gasteiger partial charge < -0.3 is 5.11 Å². The Morgan fingerprint density at radius 2 is 1.96 bits per heavy atom. The van der Waals surface area contributed by atoms with Crippen LogP contribution in [0.4, 0.5) is 5.69 Å². The first kappa shape index (κ1) is 16.2. The maximum Gasteiger partial charge on any atom is 0.303 e. The van der Waals surface area contributed by atoms with Crippen molar-refractivity contribution in [3.8, 4) is 0 Å². The Bertz CT molecular complexity index is 643. The predicted octanol–water partition coefficient (Wildman–Crippen LogP) is 4.22. The molecule has 1 aliphatic heterocycles. The molecule has 1 heterocycles. The number of aliphatic carboxylic acids is 1. The molecular weight excluding hydrogens is 286 g/mol. The minimum Gasteiger partial charge on any atom is -0.481 e. The minimum atomic E-state index is -0.684. The number of unbranched alkanes of at least 4 members (excludes halogenated alkanes) is 2. The van der Waals surface area contributed by atoms with Gasteiger partial charge in [-0.15, -0.1) is 0 Å². The highest BCUT2D eigenvalue weighted by atomic mass is 16.4. The molecule has 0 bridgehead atoms. The topological polar surface area (TPSA) is 40.3 Å². The molecule has 0 aromatic heterocycles. The minimum absolute atomic E-state index is 0.110. The Kier molecular flexibility index (Phi) is 4.56. The Hall–Kier alpha value is -1.64. The smallest absolute Gasteiger partial charge is 0.303 e. The molecule has 124 valence electrons. The fourth-order valence-corrected chi connectivity index (χ4v) is 4.22. The van der Waals surface area contributed by atoms with Crippen LogP contribution in [0, 0.1) is 0 Å². The summed E-state index contributed by atoms with van der Waals surface area (Å²) in [6.45, 7) is 5.64. The Morgan fingerprint density at radius 3 is 2.74 bits per heavy atom. The van der Waals surface area contributed by atoms with Crippen LogP contribution in [0.5, 0.6) is 0 Å². The van der Waals surface area contributed by atoms with E-state index in [2.05, 4.69) is 36.8 Å². The number of benzene rings is 1. The van der Waals surface area contributed by atoms with Crippen LogP contribution >= 0.6 is 0 Å². The molecule has 3 rings (SSSR count). The van der Waals surface area contributed by atoms with E-state index in [1.807, 2.05) is 0 Å². The lowest BCUT2D eigenvalue weighted by atomic mass is 9.78. The van der Waals surface area contributed by atoms with Gasteiger partial charge in [0.1, 0.15) is 6.54 Å². The summed E-state index contributed by atoms with van der Waals surface area (Å²) in [6.07, 6.45) is 10.6. The number of hydrogen-bond acceptors (Lipinski definition) is 1. The number of fused-ring (bicyclic) bond motifs is 3. The molecule has 1 N–H and O–H groups in total. The SMILES string of the molecule is CC1(C)C=[N+](CCCCCC(=O)O)c2ccc3c(c21)CCCC3. The highest BCUT2D eigenvalue weighted by molar-refractivity contribution is 5.79. The van der Waals surface area contributed by atoms with Crippen molar-refractivity contribution >= 4 is 17.9 Å². The highest BCUT2D eigenvalue weighted by Gasteiger charge is 2.39. The van der Waals surface area contributed by atoms with Crippen LogP contribution in [0.3, 0.4) is 0 Å². The molecule has 0 saturated heterocycles. The first-order valence-corrected chi connectivity index (χ1v) is 8.99. The third-order valence-electron chi connectivity index (χ3n) is 5.23. The molecule has 23 heavy (non-hydrogen) atoms. The summed E-state index contributed by atoms with van der Waals surface area (Å²) < 4.78 is 2.41. The van der Waals surface area contributed by atoms with Crippen molar-refractivity contribution in [2.24, 2.45) is 0 Å². The number of aryl methyl sites for hydroxylation is 1. The van der Waals surface area contributed by atoms with E-state index in [9.17, 15) is 4.79 Å². The molecule has 0 amide bonds. The lowest BCUT2D eigenvalue weighted by Crippen LogP contribution is -2.20. The molecule has 1 aliphatic carbocycles. The van der Waals surface area contributed by atoms with Crippen LogP contribution in [0.2, 0.25) is 0 Å². The molecule has 0 fully saturated rings. The average Bonchev–Trinajstić information content (AvgIpc) is 2.78. The Labute approximate surface area is 139 Å². The van der Waals surface area contributed by atoms with E-state index < -0.39 is 5.97 Å². The number of carbonyl (C=O) groups is 1. The van der Waals surface area contributed by atoms with Crippen molar-refractivity contribution in [1.82, 2.24) is 0 Å². The van der Waals surface area contributed by atoms with Crippen molar-refractivity contribution in [3.05, 3.63) is 28.8 Å². The van der Waals surface area contributed by atoms with E-state index in [1.54, 1.807) is 16.7 Å². The van der Waals surface area contributed by atoms with Crippen molar-refractivity contribution in [2.45, 2.75) is 70.6 Å². The molecule has 0 spiro atoms.